The zero-order valence-corrected chi connectivity index (χ0v) is 31.2. The molecule has 1 heterocycles. The van der Waals surface area contributed by atoms with Crippen molar-refractivity contribution < 1.29 is 66.7 Å². The molecule has 1 aliphatic carbocycles. The summed E-state index contributed by atoms with van der Waals surface area (Å²) in [5, 5.41) is 5.06. The molecule has 0 unspecified atom stereocenters. The van der Waals surface area contributed by atoms with Gasteiger partial charge in [-0.15, -0.1) is 0 Å². The van der Waals surface area contributed by atoms with Gasteiger partial charge in [-0.1, -0.05) is 48.5 Å². The van der Waals surface area contributed by atoms with Crippen molar-refractivity contribution in [2.45, 2.75) is 110 Å². The lowest BCUT2D eigenvalue weighted by Crippen LogP contribution is -2.66. The van der Waals surface area contributed by atoms with E-state index in [0.29, 0.717) is 0 Å². The van der Waals surface area contributed by atoms with Gasteiger partial charge in [-0.3, -0.25) is 24.0 Å². The van der Waals surface area contributed by atoms with Crippen molar-refractivity contribution in [3.05, 3.63) is 59.7 Å². The topological polar surface area (TPSA) is 208 Å². The van der Waals surface area contributed by atoms with Crippen LogP contribution in [0.5, 0.6) is 0 Å². The van der Waals surface area contributed by atoms with Crippen LogP contribution in [0.4, 0.5) is 4.79 Å². The predicted molar refractivity (Wildman–Crippen MR) is 187 cm³/mol. The highest BCUT2D eigenvalue weighted by Gasteiger charge is 2.52. The lowest BCUT2D eigenvalue weighted by atomic mass is 9.97. The van der Waals surface area contributed by atoms with Crippen molar-refractivity contribution in [1.82, 2.24) is 10.6 Å². The first kappa shape index (κ1) is 41.2. The van der Waals surface area contributed by atoms with Crippen LogP contribution in [-0.2, 0) is 61.9 Å². The van der Waals surface area contributed by atoms with Crippen LogP contribution < -0.4 is 10.6 Å². The maximum Gasteiger partial charge on any atom is 0.407 e. The number of hydrogen-bond acceptors (Lipinski definition) is 14. The summed E-state index contributed by atoms with van der Waals surface area (Å²) < 4.78 is 38.3. The minimum atomic E-state index is -1.53. The van der Waals surface area contributed by atoms with Gasteiger partial charge in [0.1, 0.15) is 31.0 Å². The van der Waals surface area contributed by atoms with E-state index in [9.17, 15) is 33.6 Å². The molecule has 0 bridgehead atoms. The first-order valence-electron chi connectivity index (χ1n) is 17.4. The Morgan fingerprint density at radius 3 is 1.78 bits per heavy atom. The van der Waals surface area contributed by atoms with Crippen LogP contribution in [0, 0.1) is 0 Å². The van der Waals surface area contributed by atoms with Gasteiger partial charge in [0, 0.05) is 40.0 Å². The smallest absolute Gasteiger partial charge is 0.407 e. The molecular formula is C38H46N2O14. The van der Waals surface area contributed by atoms with E-state index < -0.39 is 97.2 Å². The number of ether oxygens (including phenoxy) is 7. The third-order valence-electron chi connectivity index (χ3n) is 8.28. The van der Waals surface area contributed by atoms with Crippen molar-refractivity contribution in [2.24, 2.45) is 0 Å². The van der Waals surface area contributed by atoms with E-state index in [1.807, 2.05) is 48.5 Å². The van der Waals surface area contributed by atoms with Crippen LogP contribution in [0.1, 0.15) is 78.4 Å². The van der Waals surface area contributed by atoms with E-state index in [4.69, 9.17) is 33.2 Å². The van der Waals surface area contributed by atoms with Gasteiger partial charge in [-0.05, 0) is 49.4 Å². The summed E-state index contributed by atoms with van der Waals surface area (Å²) in [4.78, 5) is 87.8. The fraction of sp³-hybridized carbons (Fsp3) is 0.500. The van der Waals surface area contributed by atoms with Gasteiger partial charge in [-0.2, -0.15) is 0 Å². The lowest BCUT2D eigenvalue weighted by molar-refractivity contribution is -0.257. The Bertz CT molecular complexity index is 1690. The summed E-state index contributed by atoms with van der Waals surface area (Å²) in [7, 11) is 0. The number of carbonyl (C=O) groups excluding carboxylic acids is 7. The summed E-state index contributed by atoms with van der Waals surface area (Å²) >= 11 is 0. The van der Waals surface area contributed by atoms with E-state index in [1.54, 1.807) is 20.8 Å². The average molecular weight is 755 g/mol. The Labute approximate surface area is 312 Å². The second-order valence-electron chi connectivity index (χ2n) is 13.8. The highest BCUT2D eigenvalue weighted by atomic mass is 16.7. The van der Waals surface area contributed by atoms with Gasteiger partial charge < -0.3 is 43.8 Å². The molecule has 2 N–H and O–H groups in total. The molecule has 2 aliphatic rings. The Hall–Kier alpha value is -5.51. The minimum absolute atomic E-state index is 0.0235. The highest BCUT2D eigenvalue weighted by molar-refractivity contribution is 5.84. The lowest BCUT2D eigenvalue weighted by Gasteiger charge is -2.44. The Balaban J connectivity index is 1.49. The SMILES string of the molecule is CC(=O)OC[C@H]1O[C@@H](NC(=O)CC[C@H](NC(=O)OCC2c3ccccc3-c3ccccc32)C(=O)OC(C)(C)C)[C@H](OC(C)=O)[C@@H](OC(C)=O)[C@H]1OC(C)=O. The van der Waals surface area contributed by atoms with Gasteiger partial charge in [0.25, 0.3) is 0 Å². The monoisotopic (exact) mass is 754 g/mol. The second kappa shape index (κ2) is 18.0. The fourth-order valence-corrected chi connectivity index (χ4v) is 6.26. The zero-order chi connectivity index (χ0) is 39.7. The number of nitrogens with one attached hydrogen (secondary N) is 2. The molecule has 0 spiro atoms. The number of carbonyl (C=O) groups is 7. The highest BCUT2D eigenvalue weighted by Crippen LogP contribution is 2.44. The summed E-state index contributed by atoms with van der Waals surface area (Å²) in [5.41, 5.74) is 3.13. The van der Waals surface area contributed by atoms with Crippen LogP contribution >= 0.6 is 0 Å². The van der Waals surface area contributed by atoms with Crippen LogP contribution in [-0.4, -0.2) is 97.3 Å². The molecule has 2 aromatic carbocycles. The fourth-order valence-electron chi connectivity index (χ4n) is 6.26. The summed E-state index contributed by atoms with van der Waals surface area (Å²) in [6.45, 7) is 8.77. The molecular weight excluding hydrogens is 708 g/mol. The Morgan fingerprint density at radius 1 is 0.704 bits per heavy atom. The van der Waals surface area contributed by atoms with Crippen molar-refractivity contribution in [1.29, 1.82) is 0 Å². The molecule has 2 aromatic rings. The standard InChI is InChI=1S/C38H46N2O14/c1-20(41)48-19-30-32(50-21(2)42)33(51-22(3)43)34(52-23(4)44)35(53-30)40-31(45)17-16-29(36(46)54-38(5,6)7)39-37(47)49-18-28-26-14-10-8-12-24(26)25-13-9-11-15-27(25)28/h8-15,28-30,32-35H,16-19H2,1-7H3,(H,39,47)(H,40,45)/t29-,30+,32-,33-,34+,35+/m0/s1. The van der Waals surface area contributed by atoms with Gasteiger partial charge in [-0.25, -0.2) is 9.59 Å². The number of amides is 2. The summed E-state index contributed by atoms with van der Waals surface area (Å²) in [5.74, 6) is -5.02. The molecule has 1 saturated heterocycles. The molecule has 6 atom stereocenters. The van der Waals surface area contributed by atoms with Gasteiger partial charge in [0.15, 0.2) is 24.5 Å². The van der Waals surface area contributed by atoms with Crippen LogP contribution in [0.2, 0.25) is 0 Å². The zero-order valence-electron chi connectivity index (χ0n) is 31.2. The minimum Gasteiger partial charge on any atom is -0.463 e. The average Bonchev–Trinajstić information content (AvgIpc) is 3.39. The van der Waals surface area contributed by atoms with Crippen molar-refractivity contribution >= 4 is 41.8 Å². The molecule has 0 saturated carbocycles. The van der Waals surface area contributed by atoms with E-state index in [-0.39, 0.29) is 18.9 Å². The van der Waals surface area contributed by atoms with Crippen LogP contribution in [0.15, 0.2) is 48.5 Å². The summed E-state index contributed by atoms with van der Waals surface area (Å²) in [6.07, 6.45) is -8.84. The van der Waals surface area contributed by atoms with Gasteiger partial charge in [0.2, 0.25) is 5.91 Å². The molecule has 1 aliphatic heterocycles. The normalized spacial score (nSPS) is 20.9. The van der Waals surface area contributed by atoms with E-state index in [1.165, 1.54) is 0 Å². The molecule has 54 heavy (non-hydrogen) atoms. The number of alkyl carbamates (subject to hydrolysis) is 1. The molecule has 16 heteroatoms. The van der Waals surface area contributed by atoms with Gasteiger partial charge in [0.05, 0.1) is 0 Å². The summed E-state index contributed by atoms with van der Waals surface area (Å²) in [6, 6.07) is 14.3. The first-order chi connectivity index (χ1) is 25.4. The predicted octanol–water partition coefficient (Wildman–Crippen LogP) is 3.21. The van der Waals surface area contributed by atoms with Crippen LogP contribution in [0.25, 0.3) is 11.1 Å². The van der Waals surface area contributed by atoms with E-state index >= 15 is 0 Å². The van der Waals surface area contributed by atoms with E-state index in [0.717, 1.165) is 49.9 Å². The molecule has 4 rings (SSSR count). The molecule has 2 amide bonds. The number of benzene rings is 2. The van der Waals surface area contributed by atoms with E-state index in [2.05, 4.69) is 10.6 Å². The maximum absolute atomic E-state index is 13.4. The third kappa shape index (κ3) is 11.2. The Morgan fingerprint density at radius 2 is 1.24 bits per heavy atom. The van der Waals surface area contributed by atoms with Crippen molar-refractivity contribution in [3.63, 3.8) is 0 Å². The van der Waals surface area contributed by atoms with Gasteiger partial charge >= 0.3 is 35.9 Å². The molecule has 16 nitrogen and oxygen atoms in total. The number of fused-ring (bicyclic) bond motifs is 3. The third-order valence-corrected chi connectivity index (χ3v) is 8.28. The first-order valence-corrected chi connectivity index (χ1v) is 17.4. The second-order valence-corrected chi connectivity index (χ2v) is 13.8. The van der Waals surface area contributed by atoms with Crippen LogP contribution in [0.3, 0.4) is 0 Å². The molecule has 292 valence electrons. The molecule has 1 fully saturated rings. The number of rotatable bonds is 13. The largest absolute Gasteiger partial charge is 0.463 e. The Kier molecular flexibility index (Phi) is 13.8. The quantitative estimate of drug-likeness (QED) is 0.222. The van der Waals surface area contributed by atoms with Crippen molar-refractivity contribution in [2.75, 3.05) is 13.2 Å². The van der Waals surface area contributed by atoms with Crippen molar-refractivity contribution in [3.8, 4) is 11.1 Å². The number of esters is 5. The maximum atomic E-state index is 13.4. The molecule has 0 aromatic heterocycles. The number of hydrogen-bond donors (Lipinski definition) is 2. The molecule has 0 radical (unpaired) electrons.